The predicted molar refractivity (Wildman–Crippen MR) is 25.2 cm³/mol. The molecule has 0 saturated carbocycles. The topological polar surface area (TPSA) is 44.2 Å². The molecule has 0 atom stereocenters. The average molecular weight is 99.6 g/mol. The molecule has 2 nitrogen and oxygen atoms in total. The van der Waals surface area contributed by atoms with E-state index in [2.05, 4.69) is 4.74 Å². The van der Waals surface area contributed by atoms with Crippen LogP contribution in [-0.2, 0) is 4.74 Å². The second kappa shape index (κ2) is 29.6. The van der Waals surface area contributed by atoms with E-state index in [9.17, 15) is 0 Å². The first-order valence-corrected chi connectivity index (χ1v) is 0.816. The molecule has 5 heavy (non-hydrogen) atoms. The van der Waals surface area contributed by atoms with Gasteiger partial charge in [-0.2, -0.15) is 0 Å². The molecule has 0 aliphatic carbocycles. The molecule has 0 unspecified atom stereocenters. The van der Waals surface area contributed by atoms with Gasteiger partial charge in [-0.1, -0.05) is 0 Å². The first-order chi connectivity index (χ1) is 1.41. The number of ether oxygens (including phenoxy) is 1. The largest absolute Gasteiger partial charge is 0.388 e. The van der Waals surface area contributed by atoms with Crippen LogP contribution in [0.5, 0.6) is 0 Å². The van der Waals surface area contributed by atoms with E-state index < -0.39 is 0 Å². The lowest BCUT2D eigenvalue weighted by Crippen LogP contribution is -1.55. The molecule has 0 amide bonds. The molecule has 3 heteroatoms. The minimum absolute atomic E-state index is 0. The van der Waals surface area contributed by atoms with E-state index in [-0.39, 0.29) is 18.6 Å². The molecule has 0 aliphatic rings. The Bertz CT molecular complexity index is 9.61. The van der Waals surface area contributed by atoms with Crippen molar-refractivity contribution < 1.29 is 4.74 Å². The van der Waals surface area contributed by atoms with Crippen molar-refractivity contribution in [2.24, 2.45) is 0 Å². The molecule has 0 saturated heterocycles. The minimum atomic E-state index is 0. The molecule has 0 heterocycles. The van der Waals surface area contributed by atoms with Crippen molar-refractivity contribution in [1.82, 2.24) is 6.15 Å². The molecular formula is C2H10ClNO. The Hall–Kier alpha value is 0.210. The van der Waals surface area contributed by atoms with E-state index in [1.807, 2.05) is 0 Å². The Balaban J connectivity index is -0.0000000200. The van der Waals surface area contributed by atoms with E-state index in [1.165, 1.54) is 0 Å². The smallest absolute Gasteiger partial charge is 0.0351 e. The molecule has 0 spiro atoms. The van der Waals surface area contributed by atoms with Crippen molar-refractivity contribution in [2.45, 2.75) is 0 Å². The van der Waals surface area contributed by atoms with Crippen LogP contribution in [0.3, 0.4) is 0 Å². The van der Waals surface area contributed by atoms with E-state index in [4.69, 9.17) is 0 Å². The van der Waals surface area contributed by atoms with Crippen molar-refractivity contribution in [2.75, 3.05) is 14.2 Å². The van der Waals surface area contributed by atoms with Crippen molar-refractivity contribution >= 4 is 12.4 Å². The molecule has 0 aliphatic heterocycles. The van der Waals surface area contributed by atoms with Crippen LogP contribution < -0.4 is 6.15 Å². The lowest BCUT2D eigenvalue weighted by molar-refractivity contribution is 0.277. The fraction of sp³-hybridized carbons (Fsp3) is 1.00. The monoisotopic (exact) mass is 99.0 g/mol. The summed E-state index contributed by atoms with van der Waals surface area (Å²) in [5.74, 6) is 0. The van der Waals surface area contributed by atoms with Crippen molar-refractivity contribution in [3.05, 3.63) is 0 Å². The number of hydrogen-bond acceptors (Lipinski definition) is 2. The standard InChI is InChI=1S/C2H6O.ClH.H3N/c1-3-2;;/h1-2H3;1H;1H3. The normalized spacial score (nSPS) is 3.60. The number of hydrogen-bond donors (Lipinski definition) is 1. The molecule has 0 fully saturated rings. The molecule has 0 aromatic carbocycles. The number of rotatable bonds is 0. The summed E-state index contributed by atoms with van der Waals surface area (Å²) in [7, 11) is 3.25. The fourth-order valence-electron chi connectivity index (χ4n) is 0. The van der Waals surface area contributed by atoms with Gasteiger partial charge in [-0.25, -0.2) is 0 Å². The first kappa shape index (κ1) is 18.9. The average Bonchev–Trinajstić information content (AvgIpc) is 0.918. The highest BCUT2D eigenvalue weighted by atomic mass is 35.5. The Labute approximate surface area is 38.5 Å². The third-order valence-electron chi connectivity index (χ3n) is 0. The van der Waals surface area contributed by atoms with Gasteiger partial charge in [0.1, 0.15) is 0 Å². The zero-order chi connectivity index (χ0) is 2.71. The van der Waals surface area contributed by atoms with Gasteiger partial charge in [-0.3, -0.25) is 0 Å². The van der Waals surface area contributed by atoms with Crippen LogP contribution in [0.15, 0.2) is 0 Å². The summed E-state index contributed by atoms with van der Waals surface area (Å²) < 4.78 is 4.25. The second-order valence-electron chi connectivity index (χ2n) is 0.408. The van der Waals surface area contributed by atoms with Crippen LogP contribution in [-0.4, -0.2) is 14.2 Å². The van der Waals surface area contributed by atoms with Gasteiger partial charge in [0.2, 0.25) is 0 Å². The SMILES string of the molecule is COC.Cl.N. The van der Waals surface area contributed by atoms with Crippen LogP contribution in [0.1, 0.15) is 0 Å². The molecule has 36 valence electrons. The highest BCUT2D eigenvalue weighted by Gasteiger charge is 1.25. The summed E-state index contributed by atoms with van der Waals surface area (Å²) in [6.07, 6.45) is 0. The first-order valence-electron chi connectivity index (χ1n) is 0.816. The minimum Gasteiger partial charge on any atom is -0.388 e. The summed E-state index contributed by atoms with van der Waals surface area (Å²) >= 11 is 0. The van der Waals surface area contributed by atoms with Gasteiger partial charge in [0.05, 0.1) is 0 Å². The maximum atomic E-state index is 4.25. The molecule has 3 N–H and O–H groups in total. The Morgan fingerprint density at radius 3 is 1.20 bits per heavy atom. The lowest BCUT2D eigenvalue weighted by Gasteiger charge is -1.61. The maximum absolute atomic E-state index is 4.25. The Morgan fingerprint density at radius 2 is 1.20 bits per heavy atom. The van der Waals surface area contributed by atoms with Crippen LogP contribution in [0.25, 0.3) is 0 Å². The van der Waals surface area contributed by atoms with Crippen LogP contribution in [0.4, 0.5) is 0 Å². The summed E-state index contributed by atoms with van der Waals surface area (Å²) in [5.41, 5.74) is 0. The second-order valence-corrected chi connectivity index (χ2v) is 0.408. The quantitative estimate of drug-likeness (QED) is 0.489. The van der Waals surface area contributed by atoms with Gasteiger partial charge in [0.25, 0.3) is 0 Å². The zero-order valence-electron chi connectivity index (χ0n) is 3.52. The molecule has 0 rings (SSSR count). The number of methoxy groups -OCH3 is 1. The molecule has 0 radical (unpaired) electrons. The Morgan fingerprint density at radius 1 is 1.20 bits per heavy atom. The van der Waals surface area contributed by atoms with E-state index in [0.717, 1.165) is 0 Å². The highest BCUT2D eigenvalue weighted by Crippen LogP contribution is 1.28. The predicted octanol–water partition coefficient (Wildman–Crippen LogP) is 0.846. The lowest BCUT2D eigenvalue weighted by atomic mass is 11.6. The third-order valence-corrected chi connectivity index (χ3v) is 0. The van der Waals surface area contributed by atoms with Gasteiger partial charge in [-0.15, -0.1) is 12.4 Å². The van der Waals surface area contributed by atoms with Gasteiger partial charge in [0.15, 0.2) is 0 Å². The maximum Gasteiger partial charge on any atom is 0.0351 e. The molecular weight excluding hydrogens is 89.5 g/mol. The molecule has 0 aromatic heterocycles. The summed E-state index contributed by atoms with van der Waals surface area (Å²) in [6.45, 7) is 0. The van der Waals surface area contributed by atoms with Crippen molar-refractivity contribution in [1.29, 1.82) is 0 Å². The third kappa shape index (κ3) is 466. The molecule has 0 aromatic rings. The van der Waals surface area contributed by atoms with Crippen molar-refractivity contribution in [3.63, 3.8) is 0 Å². The summed E-state index contributed by atoms with van der Waals surface area (Å²) in [6, 6.07) is 0. The van der Waals surface area contributed by atoms with Gasteiger partial charge < -0.3 is 10.9 Å². The molecule has 0 bridgehead atoms. The Kier molecular flexibility index (Phi) is 112. The van der Waals surface area contributed by atoms with Crippen molar-refractivity contribution in [3.8, 4) is 0 Å². The van der Waals surface area contributed by atoms with Crippen LogP contribution in [0, 0.1) is 0 Å². The van der Waals surface area contributed by atoms with Crippen LogP contribution >= 0.6 is 12.4 Å². The van der Waals surface area contributed by atoms with E-state index in [0.29, 0.717) is 0 Å². The van der Waals surface area contributed by atoms with Gasteiger partial charge >= 0.3 is 0 Å². The fourth-order valence-corrected chi connectivity index (χ4v) is 0. The number of halogens is 1. The zero-order valence-corrected chi connectivity index (χ0v) is 4.34. The summed E-state index contributed by atoms with van der Waals surface area (Å²) in [5, 5.41) is 0. The highest BCUT2D eigenvalue weighted by molar-refractivity contribution is 5.85. The van der Waals surface area contributed by atoms with E-state index in [1.54, 1.807) is 14.2 Å². The van der Waals surface area contributed by atoms with E-state index >= 15 is 0 Å². The van der Waals surface area contributed by atoms with Crippen LogP contribution in [0.2, 0.25) is 0 Å². The summed E-state index contributed by atoms with van der Waals surface area (Å²) in [4.78, 5) is 0. The van der Waals surface area contributed by atoms with Gasteiger partial charge in [-0.05, 0) is 0 Å². The van der Waals surface area contributed by atoms with Gasteiger partial charge in [0, 0.05) is 14.2 Å².